The number of halogens is 1. The van der Waals surface area contributed by atoms with E-state index in [-0.39, 0.29) is 0 Å². The maximum atomic E-state index is 6.02. The van der Waals surface area contributed by atoms with Gasteiger partial charge in [-0.1, -0.05) is 54.2 Å². The number of hydrogen-bond acceptors (Lipinski definition) is 3. The molecule has 1 aromatic heterocycles. The Morgan fingerprint density at radius 2 is 1.80 bits per heavy atom. The van der Waals surface area contributed by atoms with Gasteiger partial charge in [0.25, 0.3) is 4.84 Å². The molecule has 0 amide bonds. The highest BCUT2D eigenvalue weighted by Crippen LogP contribution is 2.22. The van der Waals surface area contributed by atoms with E-state index in [1.165, 1.54) is 0 Å². The van der Waals surface area contributed by atoms with Crippen LogP contribution in [-0.2, 0) is 6.54 Å². The Bertz CT molecular complexity index is 884. The van der Waals surface area contributed by atoms with Crippen LogP contribution in [0.15, 0.2) is 52.9 Å². The van der Waals surface area contributed by atoms with Crippen molar-refractivity contribution in [3.8, 4) is 0 Å². The van der Waals surface area contributed by atoms with Gasteiger partial charge in [0, 0.05) is 5.02 Å². The molecule has 0 spiro atoms. The summed E-state index contributed by atoms with van der Waals surface area (Å²) in [6, 6.07) is 15.3. The van der Waals surface area contributed by atoms with Crippen molar-refractivity contribution in [2.24, 2.45) is 0 Å². The van der Waals surface area contributed by atoms with Crippen LogP contribution in [0, 0.1) is 9.48 Å². The third-order valence-electron chi connectivity index (χ3n) is 3.02. The number of aromatic nitrogens is 1. The Kier molecular flexibility index (Phi) is 3.70. The fourth-order valence-corrected chi connectivity index (χ4v) is 2.82. The zero-order valence-electron chi connectivity index (χ0n) is 10.4. The van der Waals surface area contributed by atoms with Crippen LogP contribution in [-0.4, -0.2) is 4.57 Å². The summed E-state index contributed by atoms with van der Waals surface area (Å²) in [5, 5.41) is 1.43. The predicted molar refractivity (Wildman–Crippen MR) is 86.4 cm³/mol. The molecule has 0 unspecified atom stereocenters. The van der Waals surface area contributed by atoms with E-state index in [0.29, 0.717) is 26.6 Å². The predicted octanol–water partition coefficient (Wildman–Crippen LogP) is 5.39. The first-order valence-corrected chi connectivity index (χ1v) is 7.22. The summed E-state index contributed by atoms with van der Waals surface area (Å²) in [7, 11) is 0. The van der Waals surface area contributed by atoms with E-state index in [2.05, 4.69) is 0 Å². The van der Waals surface area contributed by atoms with Crippen molar-refractivity contribution in [3.05, 3.63) is 68.6 Å². The second-order valence-corrected chi connectivity index (χ2v) is 5.56. The van der Waals surface area contributed by atoms with E-state index >= 15 is 0 Å². The third-order valence-corrected chi connectivity index (χ3v) is 4.00. The van der Waals surface area contributed by atoms with Crippen LogP contribution in [0.2, 0.25) is 5.02 Å². The summed E-state index contributed by atoms with van der Waals surface area (Å²) in [6.45, 7) is 0.588. The second-order valence-electron chi connectivity index (χ2n) is 4.39. The lowest BCUT2D eigenvalue weighted by atomic mass is 10.2. The molecular weight excluding hydrogens is 310 g/mol. The lowest BCUT2D eigenvalue weighted by Crippen LogP contribution is -2.03. The molecule has 1 heterocycles. The van der Waals surface area contributed by atoms with Crippen LogP contribution in [0.5, 0.6) is 0 Å². The van der Waals surface area contributed by atoms with Crippen LogP contribution in [0.25, 0.3) is 11.0 Å². The zero-order valence-corrected chi connectivity index (χ0v) is 12.8. The van der Waals surface area contributed by atoms with Gasteiger partial charge in [-0.15, -0.1) is 0 Å². The molecule has 20 heavy (non-hydrogen) atoms. The van der Waals surface area contributed by atoms with Gasteiger partial charge < -0.3 is 4.42 Å². The maximum Gasteiger partial charge on any atom is 0.270 e. The van der Waals surface area contributed by atoms with Crippen LogP contribution in [0.1, 0.15) is 5.56 Å². The smallest absolute Gasteiger partial charge is 0.270 e. The molecule has 3 aromatic rings. The summed E-state index contributed by atoms with van der Waals surface area (Å²) < 4.78 is 8.10. The molecule has 0 aliphatic rings. The molecule has 3 rings (SSSR count). The van der Waals surface area contributed by atoms with Crippen molar-refractivity contribution < 1.29 is 4.42 Å². The molecule has 100 valence electrons. The molecule has 0 aliphatic heterocycles. The minimum Gasteiger partial charge on any atom is -0.431 e. The quantitative estimate of drug-likeness (QED) is 0.589. The molecule has 2 nitrogen and oxygen atoms in total. The van der Waals surface area contributed by atoms with Gasteiger partial charge in [0.05, 0.1) is 11.9 Å². The molecule has 0 bridgehead atoms. The number of hydrogen-bond donors (Lipinski definition) is 0. The van der Waals surface area contributed by atoms with Crippen molar-refractivity contribution in [2.75, 3.05) is 0 Å². The fourth-order valence-electron chi connectivity index (χ4n) is 2.04. The molecule has 0 N–H and O–H groups in total. The van der Waals surface area contributed by atoms with Gasteiger partial charge in [-0.3, -0.25) is 4.57 Å². The largest absolute Gasteiger partial charge is 0.431 e. The molecule has 0 aliphatic carbocycles. The zero-order chi connectivity index (χ0) is 14.1. The number of benzene rings is 2. The number of nitrogens with zero attached hydrogens (tertiary/aromatic N) is 1. The van der Waals surface area contributed by atoms with Crippen LogP contribution in [0.4, 0.5) is 0 Å². The Hall–Kier alpha value is -1.49. The van der Waals surface area contributed by atoms with Crippen molar-refractivity contribution in [1.82, 2.24) is 4.57 Å². The Morgan fingerprint density at radius 3 is 2.55 bits per heavy atom. The van der Waals surface area contributed by atoms with Crippen molar-refractivity contribution in [3.63, 3.8) is 0 Å². The Morgan fingerprint density at radius 1 is 1.05 bits per heavy atom. The first-order chi connectivity index (χ1) is 9.65. The Balaban J connectivity index is 2.21. The molecule has 5 heteroatoms. The SMILES string of the molecule is S=c1oc2ccc(Cl)cc2c(=S)n1Cc1ccccc1. The van der Waals surface area contributed by atoms with E-state index in [9.17, 15) is 0 Å². The summed E-state index contributed by atoms with van der Waals surface area (Å²) in [5.41, 5.74) is 1.78. The highest BCUT2D eigenvalue weighted by Gasteiger charge is 2.06. The van der Waals surface area contributed by atoms with Crippen molar-refractivity contribution >= 4 is 47.0 Å². The molecule has 0 fully saturated rings. The lowest BCUT2D eigenvalue weighted by Gasteiger charge is -2.09. The third kappa shape index (κ3) is 2.54. The van der Waals surface area contributed by atoms with Gasteiger partial charge in [0.1, 0.15) is 10.2 Å². The fraction of sp³-hybridized carbons (Fsp3) is 0.0667. The van der Waals surface area contributed by atoms with Gasteiger partial charge in [-0.05, 0) is 36.0 Å². The van der Waals surface area contributed by atoms with E-state index in [0.717, 1.165) is 10.9 Å². The van der Waals surface area contributed by atoms with E-state index < -0.39 is 0 Å². The highest BCUT2D eigenvalue weighted by atomic mass is 35.5. The van der Waals surface area contributed by atoms with Crippen LogP contribution < -0.4 is 0 Å². The van der Waals surface area contributed by atoms with Gasteiger partial charge in [0.2, 0.25) is 0 Å². The Labute approximate surface area is 131 Å². The van der Waals surface area contributed by atoms with Gasteiger partial charge in [0.15, 0.2) is 0 Å². The minimum absolute atomic E-state index is 0.369. The van der Waals surface area contributed by atoms with Gasteiger partial charge in [-0.25, -0.2) is 0 Å². The molecule has 0 radical (unpaired) electrons. The monoisotopic (exact) mass is 319 g/mol. The van der Waals surface area contributed by atoms with Gasteiger partial charge in [-0.2, -0.15) is 0 Å². The summed E-state index contributed by atoms with van der Waals surface area (Å²) >= 11 is 16.8. The first kappa shape index (κ1) is 13.5. The standard InChI is InChI=1S/C15H10ClNOS2/c16-11-6-7-13-12(8-11)14(19)17(15(20)18-13)9-10-4-2-1-3-5-10/h1-8H,9H2. The molecule has 0 atom stereocenters. The molecular formula is C15H10ClNOS2. The van der Waals surface area contributed by atoms with E-state index in [4.69, 9.17) is 40.5 Å². The van der Waals surface area contributed by atoms with Crippen molar-refractivity contribution in [2.45, 2.75) is 6.54 Å². The number of rotatable bonds is 2. The molecule has 0 saturated carbocycles. The normalized spacial score (nSPS) is 10.8. The highest BCUT2D eigenvalue weighted by molar-refractivity contribution is 7.72. The summed E-state index contributed by atoms with van der Waals surface area (Å²) in [6.07, 6.45) is 0. The van der Waals surface area contributed by atoms with Crippen molar-refractivity contribution in [1.29, 1.82) is 0 Å². The first-order valence-electron chi connectivity index (χ1n) is 6.02. The number of fused-ring (bicyclic) bond motifs is 1. The van der Waals surface area contributed by atoms with E-state index in [1.807, 2.05) is 30.3 Å². The molecule has 2 aromatic carbocycles. The van der Waals surface area contributed by atoms with Crippen LogP contribution >= 0.6 is 36.0 Å². The van der Waals surface area contributed by atoms with E-state index in [1.54, 1.807) is 22.8 Å². The minimum atomic E-state index is 0.369. The maximum absolute atomic E-state index is 6.02. The van der Waals surface area contributed by atoms with Crippen LogP contribution in [0.3, 0.4) is 0 Å². The average molecular weight is 320 g/mol. The average Bonchev–Trinajstić information content (AvgIpc) is 2.46. The topological polar surface area (TPSA) is 18.1 Å². The van der Waals surface area contributed by atoms with Gasteiger partial charge >= 0.3 is 0 Å². The summed E-state index contributed by atoms with van der Waals surface area (Å²) in [5.74, 6) is 0. The lowest BCUT2D eigenvalue weighted by molar-refractivity contribution is 0.505. The molecule has 0 saturated heterocycles. The second kappa shape index (κ2) is 5.48. The summed E-state index contributed by atoms with van der Waals surface area (Å²) in [4.78, 5) is 0.369.